The number of methoxy groups -OCH3 is 1. The first-order valence-corrected chi connectivity index (χ1v) is 6.12. The third-order valence-corrected chi connectivity index (χ3v) is 3.25. The van der Waals surface area contributed by atoms with E-state index in [-0.39, 0.29) is 0 Å². The van der Waals surface area contributed by atoms with Gasteiger partial charge in [0.1, 0.15) is 0 Å². The van der Waals surface area contributed by atoms with E-state index >= 15 is 0 Å². The Morgan fingerprint density at radius 2 is 2.31 bits per heavy atom. The summed E-state index contributed by atoms with van der Waals surface area (Å²) in [6.45, 7) is 2.55. The third-order valence-electron chi connectivity index (χ3n) is 3.25. The quantitative estimate of drug-likeness (QED) is 0.747. The van der Waals surface area contributed by atoms with Crippen LogP contribution in [0.15, 0.2) is 12.5 Å². The molecule has 0 aromatic carbocycles. The summed E-state index contributed by atoms with van der Waals surface area (Å²) in [6, 6.07) is 0.682. The summed E-state index contributed by atoms with van der Waals surface area (Å²) in [5, 5.41) is 3.37. The molecule has 16 heavy (non-hydrogen) atoms. The van der Waals surface area contributed by atoms with E-state index in [0.717, 1.165) is 19.7 Å². The van der Waals surface area contributed by atoms with Gasteiger partial charge in [-0.25, -0.2) is 4.98 Å². The lowest BCUT2D eigenvalue weighted by Crippen LogP contribution is -2.21. The summed E-state index contributed by atoms with van der Waals surface area (Å²) in [7, 11) is 1.73. The van der Waals surface area contributed by atoms with Gasteiger partial charge in [-0.3, -0.25) is 0 Å². The summed E-state index contributed by atoms with van der Waals surface area (Å²) in [6.07, 6.45) is 9.28. The second-order valence-corrected chi connectivity index (χ2v) is 4.40. The van der Waals surface area contributed by atoms with E-state index in [2.05, 4.69) is 14.9 Å². The topological polar surface area (TPSA) is 39.1 Å². The zero-order chi connectivity index (χ0) is 11.2. The molecule has 1 aliphatic rings. The fourth-order valence-corrected chi connectivity index (χ4v) is 2.37. The maximum atomic E-state index is 5.01. The summed E-state index contributed by atoms with van der Waals surface area (Å²) < 4.78 is 7.35. The molecule has 0 amide bonds. The molecule has 1 aromatic heterocycles. The van der Waals surface area contributed by atoms with Gasteiger partial charge < -0.3 is 14.6 Å². The molecule has 1 aromatic rings. The van der Waals surface area contributed by atoms with Crippen molar-refractivity contribution in [2.75, 3.05) is 20.3 Å². The summed E-state index contributed by atoms with van der Waals surface area (Å²) >= 11 is 0. The van der Waals surface area contributed by atoms with Crippen molar-refractivity contribution in [2.45, 2.75) is 38.3 Å². The minimum atomic E-state index is 0.682. The normalized spacial score (nSPS) is 17.1. The van der Waals surface area contributed by atoms with Crippen molar-refractivity contribution >= 4 is 0 Å². The average molecular weight is 223 g/mol. The van der Waals surface area contributed by atoms with Gasteiger partial charge in [-0.05, 0) is 12.8 Å². The molecule has 4 heteroatoms. The van der Waals surface area contributed by atoms with Crippen LogP contribution in [0.5, 0.6) is 0 Å². The van der Waals surface area contributed by atoms with Crippen LogP contribution in [0.3, 0.4) is 0 Å². The minimum absolute atomic E-state index is 0.682. The minimum Gasteiger partial charge on any atom is -0.383 e. The largest absolute Gasteiger partial charge is 0.383 e. The molecule has 1 N–H and O–H groups in total. The first-order valence-electron chi connectivity index (χ1n) is 6.12. The maximum absolute atomic E-state index is 5.01. The second-order valence-electron chi connectivity index (χ2n) is 4.40. The van der Waals surface area contributed by atoms with Gasteiger partial charge >= 0.3 is 0 Å². The van der Waals surface area contributed by atoms with E-state index in [4.69, 9.17) is 4.74 Å². The Bertz CT molecular complexity index is 305. The van der Waals surface area contributed by atoms with Crippen LogP contribution in [0, 0.1) is 0 Å². The Labute approximate surface area is 97.0 Å². The molecule has 1 heterocycles. The van der Waals surface area contributed by atoms with Gasteiger partial charge in [0, 0.05) is 32.4 Å². The van der Waals surface area contributed by atoms with Gasteiger partial charge in [-0.1, -0.05) is 12.8 Å². The number of nitrogens with zero attached hydrogens (tertiary/aromatic N) is 2. The van der Waals surface area contributed by atoms with E-state index in [1.54, 1.807) is 7.11 Å². The van der Waals surface area contributed by atoms with Gasteiger partial charge in [-0.2, -0.15) is 0 Å². The molecule has 0 spiro atoms. The Kier molecular flexibility index (Phi) is 4.36. The number of ether oxygens (including phenoxy) is 1. The highest BCUT2D eigenvalue weighted by Gasteiger charge is 2.18. The molecule has 2 rings (SSSR count). The average Bonchev–Trinajstić information content (AvgIpc) is 2.94. The Morgan fingerprint density at radius 3 is 3.06 bits per heavy atom. The van der Waals surface area contributed by atoms with Gasteiger partial charge in [0.25, 0.3) is 0 Å². The molecular formula is C12H21N3O. The highest BCUT2D eigenvalue weighted by Crippen LogP contribution is 2.30. The van der Waals surface area contributed by atoms with E-state index < -0.39 is 0 Å². The molecule has 1 fully saturated rings. The standard InChI is InChI=1S/C12H21N3O/c1-16-7-6-13-8-12-9-14-10-15(12)11-4-2-3-5-11/h9-11,13H,2-8H2,1H3. The van der Waals surface area contributed by atoms with Gasteiger partial charge in [0.2, 0.25) is 0 Å². The molecule has 0 aliphatic heterocycles. The predicted octanol–water partition coefficient (Wildman–Crippen LogP) is 1.73. The van der Waals surface area contributed by atoms with Crippen molar-refractivity contribution in [1.82, 2.24) is 14.9 Å². The van der Waals surface area contributed by atoms with E-state index in [1.165, 1.54) is 31.4 Å². The Balaban J connectivity index is 1.86. The molecule has 1 aliphatic carbocycles. The molecule has 0 bridgehead atoms. The van der Waals surface area contributed by atoms with Crippen LogP contribution in [0.1, 0.15) is 37.4 Å². The predicted molar refractivity (Wildman–Crippen MR) is 63.3 cm³/mol. The molecule has 4 nitrogen and oxygen atoms in total. The fraction of sp³-hybridized carbons (Fsp3) is 0.750. The Hall–Kier alpha value is -0.870. The van der Waals surface area contributed by atoms with Crippen molar-refractivity contribution in [3.8, 4) is 0 Å². The fourth-order valence-electron chi connectivity index (χ4n) is 2.37. The number of imidazole rings is 1. The molecule has 1 saturated carbocycles. The van der Waals surface area contributed by atoms with Crippen LogP contribution in [-0.2, 0) is 11.3 Å². The lowest BCUT2D eigenvalue weighted by molar-refractivity contribution is 0.199. The SMILES string of the molecule is COCCNCc1cncn1C1CCCC1. The van der Waals surface area contributed by atoms with Crippen molar-refractivity contribution in [3.05, 3.63) is 18.2 Å². The number of hydrogen-bond donors (Lipinski definition) is 1. The second kappa shape index (κ2) is 6.01. The van der Waals surface area contributed by atoms with Gasteiger partial charge in [0.05, 0.1) is 18.6 Å². The maximum Gasteiger partial charge on any atom is 0.0951 e. The number of hydrogen-bond acceptors (Lipinski definition) is 3. The number of nitrogens with one attached hydrogen (secondary N) is 1. The smallest absolute Gasteiger partial charge is 0.0951 e. The van der Waals surface area contributed by atoms with Crippen molar-refractivity contribution in [2.24, 2.45) is 0 Å². The van der Waals surface area contributed by atoms with Gasteiger partial charge in [-0.15, -0.1) is 0 Å². The molecule has 90 valence electrons. The number of rotatable bonds is 6. The molecule has 0 unspecified atom stereocenters. The zero-order valence-corrected chi connectivity index (χ0v) is 9.98. The van der Waals surface area contributed by atoms with Crippen LogP contribution in [0.4, 0.5) is 0 Å². The van der Waals surface area contributed by atoms with Crippen LogP contribution in [0.25, 0.3) is 0 Å². The third kappa shape index (κ3) is 2.83. The van der Waals surface area contributed by atoms with Crippen molar-refractivity contribution in [1.29, 1.82) is 0 Å². The molecule has 0 atom stereocenters. The summed E-state index contributed by atoms with van der Waals surface area (Å²) in [4.78, 5) is 4.26. The molecule has 0 radical (unpaired) electrons. The van der Waals surface area contributed by atoms with Crippen LogP contribution >= 0.6 is 0 Å². The first-order chi connectivity index (χ1) is 7.92. The Morgan fingerprint density at radius 1 is 1.50 bits per heavy atom. The van der Waals surface area contributed by atoms with Crippen molar-refractivity contribution < 1.29 is 4.74 Å². The van der Waals surface area contributed by atoms with Crippen molar-refractivity contribution in [3.63, 3.8) is 0 Å². The monoisotopic (exact) mass is 223 g/mol. The van der Waals surface area contributed by atoms with E-state index in [0.29, 0.717) is 6.04 Å². The zero-order valence-electron chi connectivity index (χ0n) is 9.98. The van der Waals surface area contributed by atoms with Crippen LogP contribution in [0.2, 0.25) is 0 Å². The summed E-state index contributed by atoms with van der Waals surface area (Å²) in [5.74, 6) is 0. The van der Waals surface area contributed by atoms with Gasteiger partial charge in [0.15, 0.2) is 0 Å². The lowest BCUT2D eigenvalue weighted by Gasteiger charge is -2.15. The van der Waals surface area contributed by atoms with Crippen LogP contribution in [-0.4, -0.2) is 29.8 Å². The van der Waals surface area contributed by atoms with Crippen LogP contribution < -0.4 is 5.32 Å². The highest BCUT2D eigenvalue weighted by molar-refractivity contribution is 5.01. The molecule has 0 saturated heterocycles. The lowest BCUT2D eigenvalue weighted by atomic mass is 10.2. The van der Waals surface area contributed by atoms with E-state index in [1.807, 2.05) is 12.5 Å². The summed E-state index contributed by atoms with van der Waals surface area (Å²) in [5.41, 5.74) is 1.29. The highest BCUT2D eigenvalue weighted by atomic mass is 16.5. The van der Waals surface area contributed by atoms with E-state index in [9.17, 15) is 0 Å². The first kappa shape index (κ1) is 11.6. The molecular weight excluding hydrogens is 202 g/mol. The number of aromatic nitrogens is 2.